The van der Waals surface area contributed by atoms with Crippen LogP contribution in [0.15, 0.2) is 44.4 Å². The van der Waals surface area contributed by atoms with Crippen molar-refractivity contribution in [3.63, 3.8) is 0 Å². The van der Waals surface area contributed by atoms with Crippen LogP contribution in [0, 0.1) is 0 Å². The molecule has 2 saturated heterocycles. The molecule has 1 aromatic carbocycles. The number of piperazine rings is 1. The fourth-order valence-corrected chi connectivity index (χ4v) is 5.97. The van der Waals surface area contributed by atoms with Gasteiger partial charge in [-0.15, -0.1) is 10.2 Å². The van der Waals surface area contributed by atoms with E-state index in [-0.39, 0.29) is 4.90 Å². The highest BCUT2D eigenvalue weighted by molar-refractivity contribution is 7.89. The van der Waals surface area contributed by atoms with E-state index in [4.69, 9.17) is 4.42 Å². The molecule has 0 saturated carbocycles. The van der Waals surface area contributed by atoms with Crippen LogP contribution in [0.4, 0.5) is 11.6 Å². The van der Waals surface area contributed by atoms with Crippen molar-refractivity contribution in [1.82, 2.24) is 19.1 Å². The van der Waals surface area contributed by atoms with E-state index in [1.54, 1.807) is 7.05 Å². The van der Waals surface area contributed by atoms with E-state index >= 15 is 0 Å². The van der Waals surface area contributed by atoms with Crippen LogP contribution in [-0.2, 0) is 17.1 Å². The van der Waals surface area contributed by atoms with Crippen LogP contribution in [0.25, 0.3) is 11.1 Å². The first-order valence-electron chi connectivity index (χ1n) is 11.4. The Balaban J connectivity index is 1.26. The Labute approximate surface area is 192 Å². The van der Waals surface area contributed by atoms with Crippen LogP contribution >= 0.6 is 0 Å². The number of aromatic nitrogens is 3. The normalized spacial score (nSPS) is 18.6. The molecule has 3 aromatic rings. The molecular formula is C22H28N6O4S. The van der Waals surface area contributed by atoms with E-state index in [0.29, 0.717) is 37.3 Å². The van der Waals surface area contributed by atoms with Gasteiger partial charge in [-0.25, -0.2) is 13.2 Å². The molecule has 2 aliphatic heterocycles. The van der Waals surface area contributed by atoms with Crippen molar-refractivity contribution < 1.29 is 12.8 Å². The second kappa shape index (κ2) is 8.79. The molecular weight excluding hydrogens is 444 g/mol. The Morgan fingerprint density at radius 3 is 2.03 bits per heavy atom. The maximum atomic E-state index is 13.2. The SMILES string of the molecule is Cn1c(=O)oc2ccc(S(=O)(=O)N3CCN(c4ccc(N5CCCCCC5)nn4)CC3)cc21. The fourth-order valence-electron chi connectivity index (χ4n) is 4.53. The average molecular weight is 473 g/mol. The molecule has 0 aliphatic carbocycles. The van der Waals surface area contributed by atoms with E-state index in [0.717, 1.165) is 24.7 Å². The van der Waals surface area contributed by atoms with Gasteiger partial charge in [0.25, 0.3) is 0 Å². The highest BCUT2D eigenvalue weighted by Gasteiger charge is 2.30. The van der Waals surface area contributed by atoms with E-state index in [1.807, 2.05) is 12.1 Å². The molecule has 10 nitrogen and oxygen atoms in total. The molecule has 2 fully saturated rings. The van der Waals surface area contributed by atoms with Crippen LogP contribution in [0.3, 0.4) is 0 Å². The second-order valence-corrected chi connectivity index (χ2v) is 10.5. The Morgan fingerprint density at radius 1 is 0.818 bits per heavy atom. The summed E-state index contributed by atoms with van der Waals surface area (Å²) in [6.45, 7) is 3.79. The third-order valence-electron chi connectivity index (χ3n) is 6.53. The maximum absolute atomic E-state index is 13.2. The van der Waals surface area contributed by atoms with Gasteiger partial charge in [0.2, 0.25) is 10.0 Å². The van der Waals surface area contributed by atoms with Gasteiger partial charge >= 0.3 is 5.76 Å². The van der Waals surface area contributed by atoms with E-state index in [9.17, 15) is 13.2 Å². The number of hydrogen-bond donors (Lipinski definition) is 0. The van der Waals surface area contributed by atoms with Crippen molar-refractivity contribution in [2.24, 2.45) is 7.05 Å². The lowest BCUT2D eigenvalue weighted by atomic mass is 10.2. The van der Waals surface area contributed by atoms with Crippen LogP contribution in [0.2, 0.25) is 0 Å². The molecule has 0 spiro atoms. The zero-order valence-corrected chi connectivity index (χ0v) is 19.5. The number of fused-ring (bicyclic) bond motifs is 1. The summed E-state index contributed by atoms with van der Waals surface area (Å²) in [7, 11) is -2.13. The summed E-state index contributed by atoms with van der Waals surface area (Å²) < 4.78 is 34.3. The molecule has 0 unspecified atom stereocenters. The summed E-state index contributed by atoms with van der Waals surface area (Å²) in [5.41, 5.74) is 0.827. The molecule has 5 rings (SSSR count). The Morgan fingerprint density at radius 2 is 1.42 bits per heavy atom. The summed E-state index contributed by atoms with van der Waals surface area (Å²) >= 11 is 0. The quantitative estimate of drug-likeness (QED) is 0.566. The smallest absolute Gasteiger partial charge is 0.408 e. The van der Waals surface area contributed by atoms with Gasteiger partial charge in [-0.1, -0.05) is 12.8 Å². The first-order valence-corrected chi connectivity index (χ1v) is 12.8. The van der Waals surface area contributed by atoms with Crippen molar-refractivity contribution in [1.29, 1.82) is 0 Å². The minimum atomic E-state index is -3.68. The highest BCUT2D eigenvalue weighted by atomic mass is 32.2. The van der Waals surface area contributed by atoms with Crippen molar-refractivity contribution >= 4 is 32.8 Å². The highest BCUT2D eigenvalue weighted by Crippen LogP contribution is 2.24. The molecule has 0 radical (unpaired) electrons. The molecule has 2 aliphatic rings. The zero-order chi connectivity index (χ0) is 23.0. The summed E-state index contributed by atoms with van der Waals surface area (Å²) in [5, 5.41) is 8.86. The summed E-state index contributed by atoms with van der Waals surface area (Å²) in [4.78, 5) is 16.2. The molecule has 2 aromatic heterocycles. The van der Waals surface area contributed by atoms with Crippen molar-refractivity contribution in [2.75, 3.05) is 49.1 Å². The lowest BCUT2D eigenvalue weighted by molar-refractivity contribution is 0.383. The molecule has 0 amide bonds. The predicted octanol–water partition coefficient (Wildman–Crippen LogP) is 1.81. The molecule has 0 atom stereocenters. The van der Waals surface area contributed by atoms with Gasteiger partial charge < -0.3 is 14.2 Å². The van der Waals surface area contributed by atoms with Crippen LogP contribution in [0.5, 0.6) is 0 Å². The third-order valence-corrected chi connectivity index (χ3v) is 8.42. The van der Waals surface area contributed by atoms with Crippen molar-refractivity contribution in [3.8, 4) is 0 Å². The third kappa shape index (κ3) is 4.22. The average Bonchev–Trinajstić information content (AvgIpc) is 3.01. The number of nitrogens with zero attached hydrogens (tertiary/aromatic N) is 6. The lowest BCUT2D eigenvalue weighted by Gasteiger charge is -2.34. The molecule has 33 heavy (non-hydrogen) atoms. The van der Waals surface area contributed by atoms with Crippen LogP contribution in [0.1, 0.15) is 25.7 Å². The summed E-state index contributed by atoms with van der Waals surface area (Å²) in [6, 6.07) is 8.50. The minimum absolute atomic E-state index is 0.154. The first-order chi connectivity index (χ1) is 15.9. The molecule has 176 valence electrons. The maximum Gasteiger partial charge on any atom is 0.419 e. The number of benzene rings is 1. The molecule has 11 heteroatoms. The number of aryl methyl sites for hydroxylation is 1. The Kier molecular flexibility index (Phi) is 5.83. The van der Waals surface area contributed by atoms with Gasteiger partial charge in [0.15, 0.2) is 17.2 Å². The first kappa shape index (κ1) is 21.9. The van der Waals surface area contributed by atoms with Gasteiger partial charge in [0.1, 0.15) is 0 Å². The van der Waals surface area contributed by atoms with Crippen molar-refractivity contribution in [2.45, 2.75) is 30.6 Å². The number of anilines is 2. The lowest BCUT2D eigenvalue weighted by Crippen LogP contribution is -2.49. The molecule has 0 N–H and O–H groups in total. The minimum Gasteiger partial charge on any atom is -0.408 e. The molecule has 4 heterocycles. The predicted molar refractivity (Wildman–Crippen MR) is 125 cm³/mol. The number of rotatable bonds is 4. The van der Waals surface area contributed by atoms with E-state index in [2.05, 4.69) is 20.0 Å². The van der Waals surface area contributed by atoms with Gasteiger partial charge in [0.05, 0.1) is 10.4 Å². The van der Waals surface area contributed by atoms with E-state index in [1.165, 1.54) is 52.8 Å². The standard InChI is InChI=1S/C22H28N6O4S/c1-25-18-16-17(6-7-19(18)32-22(25)29)33(30,31)28-14-12-27(13-15-28)21-9-8-20(23-24-21)26-10-4-2-3-5-11-26/h6-9,16H,2-5,10-15H2,1H3. The van der Waals surface area contributed by atoms with Gasteiger partial charge in [-0.05, 0) is 43.2 Å². The Bertz CT molecular complexity index is 1280. The largest absolute Gasteiger partial charge is 0.419 e. The van der Waals surface area contributed by atoms with Crippen LogP contribution in [-0.4, -0.2) is 66.8 Å². The summed E-state index contributed by atoms with van der Waals surface area (Å²) in [6.07, 6.45) is 4.90. The second-order valence-electron chi connectivity index (χ2n) is 8.60. The van der Waals surface area contributed by atoms with Crippen LogP contribution < -0.4 is 15.6 Å². The monoisotopic (exact) mass is 472 g/mol. The summed E-state index contributed by atoms with van der Waals surface area (Å²) in [5.74, 6) is 1.16. The molecule has 0 bridgehead atoms. The topological polar surface area (TPSA) is 105 Å². The fraction of sp³-hybridized carbons (Fsp3) is 0.500. The zero-order valence-electron chi connectivity index (χ0n) is 18.7. The number of hydrogen-bond acceptors (Lipinski definition) is 8. The Hall–Kier alpha value is -2.92. The van der Waals surface area contributed by atoms with E-state index < -0.39 is 15.8 Å². The number of sulfonamides is 1. The van der Waals surface area contributed by atoms with Gasteiger partial charge in [0, 0.05) is 46.3 Å². The van der Waals surface area contributed by atoms with Gasteiger partial charge in [-0.2, -0.15) is 4.31 Å². The number of oxazole rings is 1. The van der Waals surface area contributed by atoms with Gasteiger partial charge in [-0.3, -0.25) is 4.57 Å². The van der Waals surface area contributed by atoms with Crippen molar-refractivity contribution in [3.05, 3.63) is 40.9 Å².